The molecule has 1 aliphatic heterocycles. The Labute approximate surface area is 221 Å². The van der Waals surface area contributed by atoms with E-state index in [0.717, 1.165) is 12.3 Å². The van der Waals surface area contributed by atoms with Crippen molar-refractivity contribution in [2.75, 3.05) is 26.6 Å². The number of nitrogens with two attached hydrogens (primary N) is 1. The minimum Gasteiger partial charge on any atom is -0.497 e. The maximum Gasteiger partial charge on any atom is 0.463 e. The van der Waals surface area contributed by atoms with Gasteiger partial charge in [-0.05, 0) is 54.6 Å². The topological polar surface area (TPSA) is 116 Å². The van der Waals surface area contributed by atoms with Crippen LogP contribution in [-0.4, -0.2) is 48.3 Å². The first kappa shape index (κ1) is 28.4. The smallest absolute Gasteiger partial charge is 0.463 e. The van der Waals surface area contributed by atoms with Crippen LogP contribution in [0, 0.1) is 0 Å². The molecule has 2 aromatic carbocycles. The number of nitrogen functional groups attached to an aromatic ring is 1. The molecule has 0 bridgehead atoms. The first-order chi connectivity index (χ1) is 18.5. The van der Waals surface area contributed by atoms with E-state index in [1.54, 1.807) is 24.3 Å². The van der Waals surface area contributed by atoms with Crippen LogP contribution in [-0.2, 0) is 9.26 Å². The summed E-state index contributed by atoms with van der Waals surface area (Å²) < 4.78 is 91.3. The largest absolute Gasteiger partial charge is 0.497 e. The Morgan fingerprint density at radius 1 is 1.00 bits per heavy atom. The van der Waals surface area contributed by atoms with E-state index in [-0.39, 0.29) is 17.3 Å². The van der Waals surface area contributed by atoms with E-state index in [2.05, 4.69) is 4.98 Å². The summed E-state index contributed by atoms with van der Waals surface area (Å²) in [7, 11) is 0.487. The highest BCUT2D eigenvalue weighted by Crippen LogP contribution is 2.52. The molecule has 1 aromatic heterocycles. The van der Waals surface area contributed by atoms with E-state index < -0.39 is 51.5 Å². The number of rotatable bonds is 11. The highest BCUT2D eigenvalue weighted by molar-refractivity contribution is 7.42. The second-order valence-electron chi connectivity index (χ2n) is 8.35. The van der Waals surface area contributed by atoms with Crippen molar-refractivity contribution in [3.63, 3.8) is 0 Å². The Kier molecular flexibility index (Phi) is 8.48. The molecule has 1 saturated heterocycles. The molecule has 0 aliphatic carbocycles. The summed E-state index contributed by atoms with van der Waals surface area (Å²) in [6.07, 6.45) is -6.34. The lowest BCUT2D eigenvalue weighted by atomic mass is 10.00. The standard InChI is InChI=1S/C24H24F4N3O7P/c1-33-15-3-7-17(8-4-15)37-39(38-18-9-5-16(34-2)6-10-18)35-14-23(20(25)26)13-24(27,28)21(36-23)31-12-11-19(29)30-22(31)32/h3-12,20-21H,13-14H2,1-2H3,(H2,29,30,32). The first-order valence-corrected chi connectivity index (χ1v) is 12.4. The summed E-state index contributed by atoms with van der Waals surface area (Å²) in [6.45, 7) is -1.05. The molecule has 3 aromatic rings. The molecule has 4 rings (SSSR count). The lowest BCUT2D eigenvalue weighted by Gasteiger charge is -2.28. The predicted molar refractivity (Wildman–Crippen MR) is 131 cm³/mol. The number of halogens is 4. The van der Waals surface area contributed by atoms with Gasteiger partial charge in [0.25, 0.3) is 12.3 Å². The van der Waals surface area contributed by atoms with Gasteiger partial charge in [-0.3, -0.25) is 9.09 Å². The van der Waals surface area contributed by atoms with Gasteiger partial charge in [-0.2, -0.15) is 4.98 Å². The fourth-order valence-electron chi connectivity index (χ4n) is 3.66. The third-order valence-electron chi connectivity index (χ3n) is 5.64. The van der Waals surface area contributed by atoms with E-state index in [1.807, 2.05) is 0 Å². The maximum atomic E-state index is 15.0. The summed E-state index contributed by atoms with van der Waals surface area (Å²) in [5, 5.41) is 0. The summed E-state index contributed by atoms with van der Waals surface area (Å²) in [5.41, 5.74) is 1.42. The van der Waals surface area contributed by atoms with E-state index in [0.29, 0.717) is 16.1 Å². The van der Waals surface area contributed by atoms with Gasteiger partial charge in [-0.1, -0.05) is 0 Å². The lowest BCUT2D eigenvalue weighted by molar-refractivity contribution is -0.181. The molecule has 2 heterocycles. The van der Waals surface area contributed by atoms with Gasteiger partial charge in [0.15, 0.2) is 5.60 Å². The zero-order valence-electron chi connectivity index (χ0n) is 20.6. The number of aromatic nitrogens is 2. The van der Waals surface area contributed by atoms with Crippen molar-refractivity contribution < 1.29 is 45.3 Å². The summed E-state index contributed by atoms with van der Waals surface area (Å²) in [4.78, 5) is 15.5. The molecule has 10 nitrogen and oxygen atoms in total. The van der Waals surface area contributed by atoms with Crippen molar-refractivity contribution in [3.05, 3.63) is 71.3 Å². The number of ether oxygens (including phenoxy) is 3. The number of hydrogen-bond acceptors (Lipinski definition) is 9. The van der Waals surface area contributed by atoms with Gasteiger partial charge in [0.05, 0.1) is 27.2 Å². The average Bonchev–Trinajstić information content (AvgIpc) is 3.19. The molecule has 0 radical (unpaired) electrons. The molecular formula is C24H24F4N3O7P. The van der Waals surface area contributed by atoms with Gasteiger partial charge in [-0.25, -0.2) is 22.4 Å². The molecule has 2 atom stereocenters. The van der Waals surface area contributed by atoms with Gasteiger partial charge in [0.2, 0.25) is 6.23 Å². The highest BCUT2D eigenvalue weighted by atomic mass is 31.2. The van der Waals surface area contributed by atoms with Gasteiger partial charge >= 0.3 is 14.3 Å². The molecule has 1 aliphatic rings. The Morgan fingerprint density at radius 3 is 1.97 bits per heavy atom. The van der Waals surface area contributed by atoms with Crippen molar-refractivity contribution in [2.45, 2.75) is 30.6 Å². The minimum absolute atomic E-state index is 0.224. The van der Waals surface area contributed by atoms with E-state index in [1.165, 1.54) is 38.5 Å². The summed E-state index contributed by atoms with van der Waals surface area (Å²) in [6, 6.07) is 13.5. The van der Waals surface area contributed by atoms with Crippen LogP contribution < -0.4 is 29.9 Å². The number of alkyl halides is 4. The van der Waals surface area contributed by atoms with Gasteiger partial charge in [0.1, 0.15) is 28.8 Å². The van der Waals surface area contributed by atoms with Crippen molar-refractivity contribution >= 4 is 14.4 Å². The predicted octanol–water partition coefficient (Wildman–Crippen LogP) is 4.80. The van der Waals surface area contributed by atoms with Gasteiger partial charge in [-0.15, -0.1) is 0 Å². The van der Waals surface area contributed by atoms with Gasteiger partial charge < -0.3 is 29.0 Å². The van der Waals surface area contributed by atoms with E-state index in [4.69, 9.17) is 33.5 Å². The molecule has 39 heavy (non-hydrogen) atoms. The van der Waals surface area contributed by atoms with Crippen molar-refractivity contribution in [3.8, 4) is 23.0 Å². The van der Waals surface area contributed by atoms with Crippen molar-refractivity contribution in [1.29, 1.82) is 0 Å². The second-order valence-corrected chi connectivity index (χ2v) is 9.42. The normalized spacial score (nSPS) is 20.3. The molecule has 15 heteroatoms. The van der Waals surface area contributed by atoms with Gasteiger partial charge in [0, 0.05) is 6.20 Å². The molecule has 0 amide bonds. The fourth-order valence-corrected chi connectivity index (χ4v) is 4.71. The fraction of sp³-hybridized carbons (Fsp3) is 0.333. The third-order valence-corrected chi connectivity index (χ3v) is 6.70. The zero-order chi connectivity index (χ0) is 28.2. The minimum atomic E-state index is -3.88. The second kappa shape index (κ2) is 11.6. The molecule has 0 spiro atoms. The SMILES string of the molecule is COc1ccc(OP(OCC2(C(F)F)CC(F)(F)C(n3ccc(N)nc3=O)O2)Oc2ccc(OC)cc2)cc1. The van der Waals surface area contributed by atoms with Crippen LogP contribution in [0.5, 0.6) is 23.0 Å². The maximum absolute atomic E-state index is 15.0. The van der Waals surface area contributed by atoms with Crippen LogP contribution in [0.2, 0.25) is 0 Å². The monoisotopic (exact) mass is 573 g/mol. The molecular weight excluding hydrogens is 549 g/mol. The number of hydrogen-bond donors (Lipinski definition) is 1. The molecule has 1 fully saturated rings. The van der Waals surface area contributed by atoms with Crippen LogP contribution in [0.25, 0.3) is 0 Å². The Bertz CT molecular complexity index is 1260. The van der Waals surface area contributed by atoms with Crippen LogP contribution in [0.15, 0.2) is 65.6 Å². The first-order valence-electron chi connectivity index (χ1n) is 11.3. The molecule has 2 unspecified atom stereocenters. The summed E-state index contributed by atoms with van der Waals surface area (Å²) in [5.74, 6) is -2.58. The van der Waals surface area contributed by atoms with E-state index in [9.17, 15) is 22.4 Å². The number of methoxy groups -OCH3 is 2. The van der Waals surface area contributed by atoms with Crippen LogP contribution in [0.3, 0.4) is 0 Å². The van der Waals surface area contributed by atoms with Crippen LogP contribution >= 0.6 is 8.60 Å². The zero-order valence-corrected chi connectivity index (χ0v) is 21.5. The third kappa shape index (κ3) is 6.52. The lowest BCUT2D eigenvalue weighted by Crippen LogP contribution is -2.42. The molecule has 0 saturated carbocycles. The van der Waals surface area contributed by atoms with Crippen LogP contribution in [0.4, 0.5) is 23.4 Å². The number of anilines is 1. The summed E-state index contributed by atoms with van der Waals surface area (Å²) >= 11 is 0. The average molecular weight is 573 g/mol. The number of nitrogens with zero attached hydrogens (tertiary/aromatic N) is 2. The van der Waals surface area contributed by atoms with E-state index >= 15 is 0 Å². The Hall–Kier alpha value is -3.61. The Balaban J connectivity index is 1.57. The number of benzene rings is 2. The van der Waals surface area contributed by atoms with Crippen molar-refractivity contribution in [1.82, 2.24) is 9.55 Å². The van der Waals surface area contributed by atoms with Crippen molar-refractivity contribution in [2.24, 2.45) is 0 Å². The Morgan fingerprint density at radius 2 is 1.51 bits per heavy atom. The molecule has 2 N–H and O–H groups in total. The molecule has 210 valence electrons. The highest BCUT2D eigenvalue weighted by Gasteiger charge is 2.63. The van der Waals surface area contributed by atoms with Crippen LogP contribution in [0.1, 0.15) is 12.6 Å². The quantitative estimate of drug-likeness (QED) is 0.255.